The van der Waals surface area contributed by atoms with Gasteiger partial charge in [0.15, 0.2) is 5.69 Å². The molecule has 17 heavy (non-hydrogen) atoms. The van der Waals surface area contributed by atoms with Crippen molar-refractivity contribution in [1.29, 1.82) is 0 Å². The number of aliphatic hydroxyl groups is 1. The van der Waals surface area contributed by atoms with Gasteiger partial charge in [-0.25, -0.2) is 0 Å². The minimum Gasteiger partial charge on any atom is -0.393 e. The van der Waals surface area contributed by atoms with E-state index < -0.39 is 0 Å². The van der Waals surface area contributed by atoms with Crippen molar-refractivity contribution in [3.8, 4) is 0 Å². The van der Waals surface area contributed by atoms with Gasteiger partial charge in [0.1, 0.15) is 5.82 Å². The molecule has 1 aliphatic carbocycles. The number of aromatic nitrogens is 2. The first-order valence-corrected chi connectivity index (χ1v) is 5.59. The predicted molar refractivity (Wildman–Crippen MR) is 62.1 cm³/mol. The molecule has 1 fully saturated rings. The van der Waals surface area contributed by atoms with Gasteiger partial charge >= 0.3 is 0 Å². The van der Waals surface area contributed by atoms with Crippen LogP contribution in [0.5, 0.6) is 0 Å². The highest BCUT2D eigenvalue weighted by Crippen LogP contribution is 2.27. The number of hydrogen-bond donors (Lipinski definition) is 2. The summed E-state index contributed by atoms with van der Waals surface area (Å²) in [6.07, 6.45) is 1.34. The van der Waals surface area contributed by atoms with Crippen LogP contribution in [0.25, 0.3) is 0 Å². The van der Waals surface area contributed by atoms with Crippen LogP contribution < -0.4 is 5.73 Å². The Morgan fingerprint density at radius 2 is 2.24 bits per heavy atom. The van der Waals surface area contributed by atoms with E-state index in [1.807, 2.05) is 0 Å². The van der Waals surface area contributed by atoms with E-state index in [-0.39, 0.29) is 12.0 Å². The van der Waals surface area contributed by atoms with Gasteiger partial charge in [0, 0.05) is 13.6 Å². The molecule has 3 N–H and O–H groups in total. The zero-order chi connectivity index (χ0) is 12.4. The minimum atomic E-state index is -0.195. The Labute approximate surface area is 99.4 Å². The molecule has 1 saturated carbocycles. The molecule has 0 radical (unpaired) electrons. The molecule has 0 aromatic carbocycles. The molecule has 1 amide bonds. The lowest BCUT2D eigenvalue weighted by Crippen LogP contribution is -2.39. The third-order valence-corrected chi connectivity index (χ3v) is 2.99. The minimum absolute atomic E-state index is 0.168. The summed E-state index contributed by atoms with van der Waals surface area (Å²) in [5.41, 5.74) is 5.70. The number of nitrogens with two attached hydrogens (primary N) is 1. The van der Waals surface area contributed by atoms with Gasteiger partial charge in [-0.1, -0.05) is 0 Å². The normalized spacial score (nSPS) is 22.9. The summed E-state index contributed by atoms with van der Waals surface area (Å²) in [7, 11) is 1.73. The van der Waals surface area contributed by atoms with E-state index in [4.69, 9.17) is 5.73 Å². The van der Waals surface area contributed by atoms with Gasteiger partial charge in [-0.05, 0) is 30.9 Å². The van der Waals surface area contributed by atoms with Gasteiger partial charge in [-0.3, -0.25) is 4.79 Å². The fourth-order valence-electron chi connectivity index (χ4n) is 1.97. The summed E-state index contributed by atoms with van der Waals surface area (Å²) in [5, 5.41) is 16.6. The molecule has 1 aromatic heterocycles. The van der Waals surface area contributed by atoms with Crippen LogP contribution in [0.4, 0.5) is 5.82 Å². The predicted octanol–water partition coefficient (Wildman–Crippen LogP) is -0.0983. The Bertz CT molecular complexity index is 400. The Hall–Kier alpha value is -1.69. The van der Waals surface area contributed by atoms with Crippen LogP contribution in [0.15, 0.2) is 12.1 Å². The molecule has 6 heteroatoms. The smallest absolute Gasteiger partial charge is 0.274 e. The van der Waals surface area contributed by atoms with Crippen molar-refractivity contribution in [3.05, 3.63) is 17.8 Å². The van der Waals surface area contributed by atoms with Gasteiger partial charge in [0.2, 0.25) is 0 Å². The van der Waals surface area contributed by atoms with Gasteiger partial charge in [0.25, 0.3) is 5.91 Å². The molecule has 1 aromatic rings. The van der Waals surface area contributed by atoms with E-state index in [0.29, 0.717) is 24.0 Å². The Kier molecular flexibility index (Phi) is 3.23. The molecule has 92 valence electrons. The van der Waals surface area contributed by atoms with Crippen LogP contribution in [0, 0.1) is 5.92 Å². The molecule has 0 spiro atoms. The van der Waals surface area contributed by atoms with E-state index >= 15 is 0 Å². The number of anilines is 1. The quantitative estimate of drug-likeness (QED) is 0.764. The Morgan fingerprint density at radius 1 is 1.53 bits per heavy atom. The zero-order valence-corrected chi connectivity index (χ0v) is 9.71. The van der Waals surface area contributed by atoms with Crippen LogP contribution in [-0.2, 0) is 0 Å². The van der Waals surface area contributed by atoms with E-state index in [0.717, 1.165) is 12.8 Å². The first-order chi connectivity index (χ1) is 8.06. The van der Waals surface area contributed by atoms with Crippen molar-refractivity contribution in [3.63, 3.8) is 0 Å². The molecule has 0 unspecified atom stereocenters. The van der Waals surface area contributed by atoms with E-state index in [1.165, 1.54) is 0 Å². The second kappa shape index (κ2) is 4.67. The number of hydrogen-bond acceptors (Lipinski definition) is 5. The number of rotatable bonds is 3. The summed E-state index contributed by atoms with van der Waals surface area (Å²) in [4.78, 5) is 13.5. The van der Waals surface area contributed by atoms with Crippen molar-refractivity contribution in [1.82, 2.24) is 15.1 Å². The van der Waals surface area contributed by atoms with Gasteiger partial charge in [0.05, 0.1) is 6.10 Å². The number of nitrogens with zero attached hydrogens (tertiary/aromatic N) is 3. The summed E-state index contributed by atoms with van der Waals surface area (Å²) in [5.74, 6) is 0.519. The lowest BCUT2D eigenvalue weighted by molar-refractivity contribution is 0.0263. The van der Waals surface area contributed by atoms with Crippen molar-refractivity contribution in [2.45, 2.75) is 18.9 Å². The van der Waals surface area contributed by atoms with E-state index in [9.17, 15) is 9.90 Å². The first kappa shape index (κ1) is 11.8. The summed E-state index contributed by atoms with van der Waals surface area (Å²) in [6.45, 7) is 0.641. The average molecular weight is 236 g/mol. The molecule has 0 aliphatic heterocycles. The molecule has 2 rings (SSSR count). The summed E-state index contributed by atoms with van der Waals surface area (Å²) < 4.78 is 0. The average Bonchev–Trinajstić information content (AvgIpc) is 2.27. The Balaban J connectivity index is 1.92. The first-order valence-electron chi connectivity index (χ1n) is 5.59. The SMILES string of the molecule is CN(CC1CC(O)C1)C(=O)c1ccc(N)nn1. The maximum Gasteiger partial charge on any atom is 0.274 e. The highest BCUT2D eigenvalue weighted by atomic mass is 16.3. The third kappa shape index (κ3) is 2.71. The monoisotopic (exact) mass is 236 g/mol. The molecule has 1 heterocycles. The standard InChI is InChI=1S/C11H16N4O2/c1-15(6-7-4-8(16)5-7)11(17)9-2-3-10(12)14-13-9/h2-3,7-8,16H,4-6H2,1H3,(H2,12,14). The number of aliphatic hydroxyl groups excluding tert-OH is 1. The summed E-state index contributed by atoms with van der Waals surface area (Å²) >= 11 is 0. The van der Waals surface area contributed by atoms with Crippen molar-refractivity contribution < 1.29 is 9.90 Å². The summed E-state index contributed by atoms with van der Waals surface area (Å²) in [6, 6.07) is 3.12. The van der Waals surface area contributed by atoms with Gasteiger partial charge < -0.3 is 15.7 Å². The maximum absolute atomic E-state index is 11.9. The zero-order valence-electron chi connectivity index (χ0n) is 9.71. The van der Waals surface area contributed by atoms with Crippen LogP contribution >= 0.6 is 0 Å². The van der Waals surface area contributed by atoms with Crippen LogP contribution in [0.2, 0.25) is 0 Å². The van der Waals surface area contributed by atoms with Crippen molar-refractivity contribution in [2.24, 2.45) is 5.92 Å². The largest absolute Gasteiger partial charge is 0.393 e. The number of carbonyl (C=O) groups is 1. The second-order valence-corrected chi connectivity index (χ2v) is 4.52. The molecular weight excluding hydrogens is 220 g/mol. The van der Waals surface area contributed by atoms with Crippen molar-refractivity contribution in [2.75, 3.05) is 19.3 Å². The van der Waals surface area contributed by atoms with E-state index in [1.54, 1.807) is 24.1 Å². The van der Waals surface area contributed by atoms with Crippen LogP contribution in [-0.4, -0.2) is 45.8 Å². The van der Waals surface area contributed by atoms with Gasteiger partial charge in [-0.15, -0.1) is 10.2 Å². The lowest BCUT2D eigenvalue weighted by atomic mass is 9.82. The molecule has 1 aliphatic rings. The highest BCUT2D eigenvalue weighted by Gasteiger charge is 2.29. The molecule has 0 bridgehead atoms. The second-order valence-electron chi connectivity index (χ2n) is 4.52. The van der Waals surface area contributed by atoms with Crippen LogP contribution in [0.3, 0.4) is 0 Å². The number of carbonyl (C=O) groups excluding carboxylic acids is 1. The maximum atomic E-state index is 11.9. The van der Waals surface area contributed by atoms with E-state index in [2.05, 4.69) is 10.2 Å². The molecule has 6 nitrogen and oxygen atoms in total. The fraction of sp³-hybridized carbons (Fsp3) is 0.545. The molecule has 0 atom stereocenters. The highest BCUT2D eigenvalue weighted by molar-refractivity contribution is 5.92. The van der Waals surface area contributed by atoms with Crippen LogP contribution in [0.1, 0.15) is 23.3 Å². The molecular formula is C11H16N4O2. The molecule has 0 saturated heterocycles. The number of nitrogen functional groups attached to an aromatic ring is 1. The number of amides is 1. The lowest BCUT2D eigenvalue weighted by Gasteiger charge is -2.34. The third-order valence-electron chi connectivity index (χ3n) is 2.99. The van der Waals surface area contributed by atoms with Gasteiger partial charge in [-0.2, -0.15) is 0 Å². The topological polar surface area (TPSA) is 92.3 Å². The fourth-order valence-corrected chi connectivity index (χ4v) is 1.97. The van der Waals surface area contributed by atoms with Crippen molar-refractivity contribution >= 4 is 11.7 Å². The Morgan fingerprint density at radius 3 is 2.76 bits per heavy atom.